The zero-order chi connectivity index (χ0) is 11.5. The van der Waals surface area contributed by atoms with Crippen molar-refractivity contribution in [1.82, 2.24) is 0 Å². The van der Waals surface area contributed by atoms with Crippen LogP contribution in [0.25, 0.3) is 0 Å². The maximum Gasteiger partial charge on any atom is 0.0763 e. The fourth-order valence-electron chi connectivity index (χ4n) is 1.13. The third-order valence-corrected chi connectivity index (χ3v) is 2.37. The highest BCUT2D eigenvalue weighted by Gasteiger charge is 2.12. The van der Waals surface area contributed by atoms with Crippen molar-refractivity contribution >= 4 is 27.8 Å². The minimum Gasteiger partial charge on any atom is -0.389 e. The molecule has 0 aliphatic rings. The highest BCUT2D eigenvalue weighted by Crippen LogP contribution is 2.20. The normalized spacial score (nSPS) is 11.2. The van der Waals surface area contributed by atoms with Crippen molar-refractivity contribution in [2.45, 2.75) is 19.4 Å². The van der Waals surface area contributed by atoms with E-state index in [1.54, 1.807) is 13.8 Å². The van der Waals surface area contributed by atoms with Gasteiger partial charge in [0.1, 0.15) is 0 Å². The number of nitrogens with one attached hydrogen (secondary N) is 2. The van der Waals surface area contributed by atoms with Crippen LogP contribution in [0.3, 0.4) is 0 Å². The summed E-state index contributed by atoms with van der Waals surface area (Å²) in [5.41, 5.74) is 0.899. The van der Waals surface area contributed by atoms with Gasteiger partial charge in [0.2, 0.25) is 0 Å². The van der Waals surface area contributed by atoms with Crippen molar-refractivity contribution in [3.05, 3.63) is 28.2 Å². The molecule has 0 saturated carbocycles. The van der Waals surface area contributed by atoms with Gasteiger partial charge in [0.25, 0.3) is 0 Å². The molecule has 0 bridgehead atoms. The Balaban J connectivity index is 2.81. The molecule has 1 aromatic rings. The highest BCUT2D eigenvalue weighted by molar-refractivity contribution is 9.10. The molecule has 0 unspecified atom stereocenters. The predicted octanol–water partition coefficient (Wildman–Crippen LogP) is 2.63. The van der Waals surface area contributed by atoms with E-state index in [0.29, 0.717) is 6.54 Å². The molecule has 0 spiro atoms. The summed E-state index contributed by atoms with van der Waals surface area (Å²) in [6.45, 7) is 3.93. The summed E-state index contributed by atoms with van der Waals surface area (Å²) in [4.78, 5) is 0. The molecule has 1 aromatic carbocycles. The molecule has 82 valence electrons. The van der Waals surface area contributed by atoms with Crippen LogP contribution in [0.15, 0.2) is 22.7 Å². The van der Waals surface area contributed by atoms with E-state index >= 15 is 0 Å². The quantitative estimate of drug-likeness (QED) is 0.737. The van der Waals surface area contributed by atoms with Gasteiger partial charge in [-0.05, 0) is 32.0 Å². The average molecular weight is 271 g/mol. The Morgan fingerprint density at radius 1 is 1.53 bits per heavy atom. The first-order valence-corrected chi connectivity index (χ1v) is 5.48. The summed E-state index contributed by atoms with van der Waals surface area (Å²) in [6, 6.07) is 5.65. The fraction of sp³-hybridized carbons (Fsp3) is 0.364. The first kappa shape index (κ1) is 12.2. The van der Waals surface area contributed by atoms with Crippen LogP contribution in [0, 0.1) is 5.41 Å². The third-order valence-electron chi connectivity index (χ3n) is 1.88. The van der Waals surface area contributed by atoms with E-state index in [9.17, 15) is 5.11 Å². The molecular weight excluding hydrogens is 256 g/mol. The van der Waals surface area contributed by atoms with E-state index in [1.807, 2.05) is 18.2 Å². The lowest BCUT2D eigenvalue weighted by atomic mass is 10.1. The SMILES string of the molecule is CC(C)(O)CNc1ccc(Br)cc1C=N. The largest absolute Gasteiger partial charge is 0.389 e. The first-order valence-electron chi connectivity index (χ1n) is 4.69. The molecule has 1 rings (SSSR count). The second-order valence-electron chi connectivity index (χ2n) is 4.04. The van der Waals surface area contributed by atoms with Gasteiger partial charge in [0.05, 0.1) is 5.60 Å². The third kappa shape index (κ3) is 4.01. The van der Waals surface area contributed by atoms with Crippen molar-refractivity contribution in [3.8, 4) is 0 Å². The van der Waals surface area contributed by atoms with Gasteiger partial charge in [-0.1, -0.05) is 15.9 Å². The lowest BCUT2D eigenvalue weighted by molar-refractivity contribution is 0.0945. The molecule has 0 atom stereocenters. The fourth-order valence-corrected chi connectivity index (χ4v) is 1.50. The number of hydrogen-bond acceptors (Lipinski definition) is 3. The molecule has 15 heavy (non-hydrogen) atoms. The summed E-state index contributed by atoms with van der Waals surface area (Å²) in [6.07, 6.45) is 1.29. The number of benzene rings is 1. The monoisotopic (exact) mass is 270 g/mol. The van der Waals surface area contributed by atoms with E-state index in [0.717, 1.165) is 15.7 Å². The van der Waals surface area contributed by atoms with Crippen LogP contribution in [0.2, 0.25) is 0 Å². The lowest BCUT2D eigenvalue weighted by Crippen LogP contribution is -2.29. The second-order valence-corrected chi connectivity index (χ2v) is 4.96. The van der Waals surface area contributed by atoms with Gasteiger partial charge in [-0.2, -0.15) is 0 Å². The summed E-state index contributed by atoms with van der Waals surface area (Å²) in [7, 11) is 0. The molecule has 0 aliphatic carbocycles. The van der Waals surface area contributed by atoms with Gasteiger partial charge < -0.3 is 15.8 Å². The Morgan fingerprint density at radius 2 is 2.20 bits per heavy atom. The van der Waals surface area contributed by atoms with Crippen LogP contribution in [-0.4, -0.2) is 23.5 Å². The van der Waals surface area contributed by atoms with E-state index in [1.165, 1.54) is 6.21 Å². The Hall–Kier alpha value is -0.870. The standard InChI is InChI=1S/C11H15BrN2O/c1-11(2,15)7-14-10-4-3-9(12)5-8(10)6-13/h3-6,13-15H,7H2,1-2H3. The Morgan fingerprint density at radius 3 is 2.73 bits per heavy atom. The zero-order valence-electron chi connectivity index (χ0n) is 8.84. The average Bonchev–Trinajstić information content (AvgIpc) is 2.14. The van der Waals surface area contributed by atoms with E-state index < -0.39 is 5.60 Å². The number of halogens is 1. The summed E-state index contributed by atoms with van der Waals surface area (Å²) < 4.78 is 0.940. The maximum absolute atomic E-state index is 9.57. The second kappa shape index (κ2) is 4.77. The van der Waals surface area contributed by atoms with Gasteiger partial charge in [0, 0.05) is 28.5 Å². The summed E-state index contributed by atoms with van der Waals surface area (Å²) >= 11 is 3.35. The van der Waals surface area contributed by atoms with Gasteiger partial charge in [-0.3, -0.25) is 0 Å². The molecule has 3 nitrogen and oxygen atoms in total. The van der Waals surface area contributed by atoms with Crippen LogP contribution >= 0.6 is 15.9 Å². The van der Waals surface area contributed by atoms with Gasteiger partial charge in [-0.25, -0.2) is 0 Å². The molecule has 0 heterocycles. The summed E-state index contributed by atoms with van der Waals surface area (Å²) in [5, 5.41) is 19.9. The smallest absolute Gasteiger partial charge is 0.0763 e. The zero-order valence-corrected chi connectivity index (χ0v) is 10.4. The van der Waals surface area contributed by atoms with Gasteiger partial charge in [-0.15, -0.1) is 0 Å². The molecule has 0 aromatic heterocycles. The van der Waals surface area contributed by atoms with E-state index in [4.69, 9.17) is 5.41 Å². The van der Waals surface area contributed by atoms with Crippen molar-refractivity contribution in [1.29, 1.82) is 5.41 Å². The summed E-state index contributed by atoms with van der Waals surface area (Å²) in [5.74, 6) is 0. The Bertz CT molecular complexity index is 358. The number of rotatable bonds is 4. The molecule has 4 heteroatoms. The van der Waals surface area contributed by atoms with Crippen molar-refractivity contribution < 1.29 is 5.11 Å². The van der Waals surface area contributed by atoms with Gasteiger partial charge >= 0.3 is 0 Å². The first-order chi connectivity index (χ1) is 6.92. The van der Waals surface area contributed by atoms with Crippen molar-refractivity contribution in [3.63, 3.8) is 0 Å². The minimum atomic E-state index is -0.758. The number of anilines is 1. The van der Waals surface area contributed by atoms with Crippen LogP contribution < -0.4 is 5.32 Å². The number of aliphatic hydroxyl groups is 1. The van der Waals surface area contributed by atoms with E-state index in [2.05, 4.69) is 21.2 Å². The molecule has 0 amide bonds. The lowest BCUT2D eigenvalue weighted by Gasteiger charge is -2.19. The van der Waals surface area contributed by atoms with Gasteiger partial charge in [0.15, 0.2) is 0 Å². The molecule has 3 N–H and O–H groups in total. The van der Waals surface area contributed by atoms with Crippen LogP contribution in [0.5, 0.6) is 0 Å². The van der Waals surface area contributed by atoms with Crippen molar-refractivity contribution in [2.75, 3.05) is 11.9 Å². The highest BCUT2D eigenvalue weighted by atomic mass is 79.9. The minimum absolute atomic E-state index is 0.454. The van der Waals surface area contributed by atoms with E-state index in [-0.39, 0.29) is 0 Å². The van der Waals surface area contributed by atoms with Crippen LogP contribution in [0.4, 0.5) is 5.69 Å². The molecular formula is C11H15BrN2O. The maximum atomic E-state index is 9.57. The van der Waals surface area contributed by atoms with Crippen molar-refractivity contribution in [2.24, 2.45) is 0 Å². The van der Waals surface area contributed by atoms with Crippen LogP contribution in [-0.2, 0) is 0 Å². The predicted molar refractivity (Wildman–Crippen MR) is 66.8 cm³/mol. The number of hydrogen-bond donors (Lipinski definition) is 3. The van der Waals surface area contributed by atoms with Crippen LogP contribution in [0.1, 0.15) is 19.4 Å². The molecule has 0 fully saturated rings. The topological polar surface area (TPSA) is 56.1 Å². The Labute approximate surface area is 98.2 Å². The molecule has 0 aliphatic heterocycles. The Kier molecular flexibility index (Phi) is 3.88. The molecule has 0 radical (unpaired) electrons. The molecule has 0 saturated heterocycles.